The highest BCUT2D eigenvalue weighted by molar-refractivity contribution is 7.92. The maximum atomic E-state index is 12.7. The molecule has 0 saturated heterocycles. The lowest BCUT2D eigenvalue weighted by atomic mass is 10.1. The lowest BCUT2D eigenvalue weighted by Crippen LogP contribution is -2.50. The van der Waals surface area contributed by atoms with Gasteiger partial charge in [-0.05, 0) is 37.1 Å². The van der Waals surface area contributed by atoms with Gasteiger partial charge < -0.3 is 10.0 Å². The first-order valence-corrected chi connectivity index (χ1v) is 11.3. The highest BCUT2D eigenvalue weighted by Gasteiger charge is 2.44. The summed E-state index contributed by atoms with van der Waals surface area (Å²) in [5, 5.41) is 18.0. The van der Waals surface area contributed by atoms with Crippen molar-refractivity contribution in [2.24, 2.45) is 0 Å². The summed E-state index contributed by atoms with van der Waals surface area (Å²) in [7, 11) is -3.83. The number of amides is 2. The molecule has 10 heteroatoms. The summed E-state index contributed by atoms with van der Waals surface area (Å²) >= 11 is 0. The average molecular weight is 445 g/mol. The molecule has 2 heterocycles. The molecule has 0 bridgehead atoms. The zero-order valence-corrected chi connectivity index (χ0v) is 17.9. The molecule has 0 fully saturated rings. The van der Waals surface area contributed by atoms with Gasteiger partial charge in [-0.1, -0.05) is 24.0 Å². The first kappa shape index (κ1) is 22.6. The fraction of sp³-hybridized carbons (Fsp3) is 0.333. The Bertz CT molecular complexity index is 1170. The zero-order chi connectivity index (χ0) is 22.8. The first-order valence-electron chi connectivity index (χ1n) is 9.45. The van der Waals surface area contributed by atoms with Crippen LogP contribution in [-0.2, 0) is 27.8 Å². The molecule has 1 aromatic carbocycles. The van der Waals surface area contributed by atoms with Gasteiger partial charge in [0.25, 0.3) is 5.91 Å². The van der Waals surface area contributed by atoms with Crippen molar-refractivity contribution >= 4 is 21.8 Å². The molecule has 0 aliphatic carbocycles. The highest BCUT2D eigenvalue weighted by Crippen LogP contribution is 2.25. The summed E-state index contributed by atoms with van der Waals surface area (Å²) in [6, 6.07) is 8.62. The van der Waals surface area contributed by atoms with Crippen molar-refractivity contribution in [1.29, 1.82) is 0 Å². The molecule has 0 radical (unpaired) electrons. The number of nitrogens with one attached hydrogen (secondary N) is 1. The van der Waals surface area contributed by atoms with Gasteiger partial charge in [-0.15, -0.1) is 0 Å². The number of sulfone groups is 1. The van der Waals surface area contributed by atoms with Crippen LogP contribution < -0.4 is 5.48 Å². The molecule has 0 unspecified atom stereocenters. The number of rotatable bonds is 6. The molecule has 3 rings (SSSR count). The molecule has 0 saturated carbocycles. The minimum Gasteiger partial charge on any atom is -0.392 e. The molecule has 1 aliphatic heterocycles. The Balaban J connectivity index is 1.70. The van der Waals surface area contributed by atoms with Gasteiger partial charge in [0.2, 0.25) is 0 Å². The molecular weight excluding hydrogens is 422 g/mol. The van der Waals surface area contributed by atoms with E-state index in [0.717, 1.165) is 17.4 Å². The number of benzene rings is 1. The van der Waals surface area contributed by atoms with Crippen LogP contribution in [-0.4, -0.2) is 57.7 Å². The van der Waals surface area contributed by atoms with Gasteiger partial charge in [0, 0.05) is 35.8 Å². The maximum Gasteiger partial charge on any atom is 0.328 e. The molecule has 2 amide bonds. The Labute approximate surface area is 180 Å². The van der Waals surface area contributed by atoms with Crippen LogP contribution in [0.25, 0.3) is 0 Å². The number of hydrogen-bond acceptors (Lipinski definition) is 6. The zero-order valence-electron chi connectivity index (χ0n) is 17.1. The molecule has 2 aromatic rings. The van der Waals surface area contributed by atoms with Crippen LogP contribution in [0.5, 0.6) is 0 Å². The fourth-order valence-electron chi connectivity index (χ4n) is 3.24. The van der Waals surface area contributed by atoms with Gasteiger partial charge >= 0.3 is 6.03 Å². The van der Waals surface area contributed by atoms with E-state index in [1.807, 2.05) is 0 Å². The van der Waals surface area contributed by atoms with Gasteiger partial charge in [0.05, 0.1) is 13.2 Å². The van der Waals surface area contributed by atoms with E-state index in [1.54, 1.807) is 36.5 Å². The third-order valence-electron chi connectivity index (χ3n) is 5.48. The minimum atomic E-state index is -3.83. The summed E-state index contributed by atoms with van der Waals surface area (Å²) in [6.45, 7) is 1.46. The van der Waals surface area contributed by atoms with E-state index in [-0.39, 0.29) is 32.1 Å². The number of aromatic nitrogens is 1. The first-order chi connectivity index (χ1) is 14.6. The Morgan fingerprint density at radius 3 is 2.42 bits per heavy atom. The van der Waals surface area contributed by atoms with Crippen LogP contribution in [0.15, 0.2) is 36.5 Å². The number of carbonyl (C=O) groups excluding carboxylic acids is 2. The third-order valence-corrected chi connectivity index (χ3v) is 7.50. The minimum absolute atomic E-state index is 0.0235. The van der Waals surface area contributed by atoms with Crippen molar-refractivity contribution < 1.29 is 28.3 Å². The molecule has 164 valence electrons. The second kappa shape index (κ2) is 8.55. The molecule has 0 spiro atoms. The van der Waals surface area contributed by atoms with E-state index in [2.05, 4.69) is 11.8 Å². The number of fused-ring (bicyclic) bond motifs is 1. The van der Waals surface area contributed by atoms with E-state index >= 15 is 0 Å². The Morgan fingerprint density at radius 1 is 1.23 bits per heavy atom. The lowest BCUT2D eigenvalue weighted by molar-refractivity contribution is -0.131. The summed E-state index contributed by atoms with van der Waals surface area (Å²) in [6.07, 6.45) is 2.37. The van der Waals surface area contributed by atoms with Gasteiger partial charge in [-0.25, -0.2) is 18.7 Å². The smallest absolute Gasteiger partial charge is 0.328 e. The molecule has 3 N–H and O–H groups in total. The number of aliphatic hydroxyl groups excluding tert-OH is 1. The Morgan fingerprint density at radius 2 is 1.87 bits per heavy atom. The van der Waals surface area contributed by atoms with E-state index in [4.69, 9.17) is 10.3 Å². The predicted octanol–water partition coefficient (Wildman–Crippen LogP) is 0.863. The number of hydroxylamine groups is 1. The van der Waals surface area contributed by atoms with Crippen molar-refractivity contribution in [3.05, 3.63) is 58.9 Å². The van der Waals surface area contributed by atoms with Crippen molar-refractivity contribution in [1.82, 2.24) is 14.9 Å². The molecule has 31 heavy (non-hydrogen) atoms. The van der Waals surface area contributed by atoms with Crippen LogP contribution in [0, 0.1) is 11.8 Å². The number of hydrogen-bond donors (Lipinski definition) is 3. The number of nitrogens with zero attached hydrogens (tertiary/aromatic N) is 2. The van der Waals surface area contributed by atoms with Crippen LogP contribution in [0.3, 0.4) is 0 Å². The van der Waals surface area contributed by atoms with Crippen LogP contribution in [0.2, 0.25) is 0 Å². The summed E-state index contributed by atoms with van der Waals surface area (Å²) in [5.41, 5.74) is 4.34. The average Bonchev–Trinajstić information content (AvgIpc) is 3.27. The van der Waals surface area contributed by atoms with Crippen LogP contribution in [0.1, 0.15) is 35.7 Å². The molecular formula is C21H23N3O6S. The van der Waals surface area contributed by atoms with E-state index in [1.165, 1.54) is 21.9 Å². The molecule has 9 nitrogen and oxygen atoms in total. The van der Waals surface area contributed by atoms with E-state index in [0.29, 0.717) is 11.3 Å². The Kier molecular flexibility index (Phi) is 6.22. The predicted molar refractivity (Wildman–Crippen MR) is 112 cm³/mol. The van der Waals surface area contributed by atoms with Crippen LogP contribution in [0.4, 0.5) is 4.79 Å². The highest BCUT2D eigenvalue weighted by atomic mass is 32.2. The van der Waals surface area contributed by atoms with Crippen molar-refractivity contribution in [2.75, 3.05) is 12.8 Å². The largest absolute Gasteiger partial charge is 0.392 e. The second-order valence-corrected chi connectivity index (χ2v) is 10.0. The standard InChI is InChI=1S/C21H23N3O6S/c1-21(19(26)22-28,31(2,29)30)9-10-23-13-18-11-17(12-24(18)20(23)27)8-5-15-3-6-16(14-25)7-4-15/h3-4,6-7,11-12,25,28H,9-10,13-14H2,1-2H3,(H,22,26)/t21-/m0/s1. The maximum absolute atomic E-state index is 12.7. The molecule has 1 atom stereocenters. The van der Waals surface area contributed by atoms with Gasteiger partial charge in [-0.3, -0.25) is 14.6 Å². The van der Waals surface area contributed by atoms with Crippen molar-refractivity contribution in [3.8, 4) is 11.8 Å². The van der Waals surface area contributed by atoms with E-state index in [9.17, 15) is 18.0 Å². The summed E-state index contributed by atoms with van der Waals surface area (Å²) < 4.78 is 23.7. The lowest BCUT2D eigenvalue weighted by Gasteiger charge is -2.27. The quantitative estimate of drug-likeness (QED) is 0.344. The third kappa shape index (κ3) is 4.49. The van der Waals surface area contributed by atoms with Crippen molar-refractivity contribution in [2.45, 2.75) is 31.2 Å². The normalized spacial score (nSPS) is 15.1. The monoisotopic (exact) mass is 445 g/mol. The topological polar surface area (TPSA) is 129 Å². The van der Waals surface area contributed by atoms with Gasteiger partial charge in [0.1, 0.15) is 0 Å². The molecule has 1 aliphatic rings. The second-order valence-electron chi connectivity index (χ2n) is 7.59. The number of carbonyl (C=O) groups is 2. The van der Waals surface area contributed by atoms with Gasteiger partial charge in [0.15, 0.2) is 14.6 Å². The van der Waals surface area contributed by atoms with Gasteiger partial charge in [-0.2, -0.15) is 0 Å². The fourth-order valence-corrected chi connectivity index (χ4v) is 4.08. The molecule has 1 aromatic heterocycles. The Hall–Kier alpha value is -3.13. The SMILES string of the molecule is C[C@](CCN1Cc2cc(C#Cc3ccc(CO)cc3)cn2C1=O)(C(=O)NO)S(C)(=O)=O. The van der Waals surface area contributed by atoms with E-state index < -0.39 is 20.5 Å². The van der Waals surface area contributed by atoms with Crippen molar-refractivity contribution in [3.63, 3.8) is 0 Å². The summed E-state index contributed by atoms with van der Waals surface area (Å²) in [5.74, 6) is 4.96. The van der Waals surface area contributed by atoms with Crippen LogP contribution >= 0.6 is 0 Å². The number of aliphatic hydroxyl groups is 1. The summed E-state index contributed by atoms with van der Waals surface area (Å²) in [4.78, 5) is 26.0.